The highest BCUT2D eigenvalue weighted by atomic mass is 32.2. The van der Waals surface area contributed by atoms with E-state index >= 15 is 0 Å². The van der Waals surface area contributed by atoms with E-state index in [9.17, 15) is 8.42 Å². The van der Waals surface area contributed by atoms with Crippen LogP contribution in [0.2, 0.25) is 0 Å². The third-order valence-corrected chi connectivity index (χ3v) is 7.43. The minimum absolute atomic E-state index is 0.376. The van der Waals surface area contributed by atoms with Gasteiger partial charge in [0, 0.05) is 19.6 Å². The van der Waals surface area contributed by atoms with Gasteiger partial charge in [0.15, 0.2) is 11.5 Å². The lowest BCUT2D eigenvalue weighted by Gasteiger charge is -2.31. The van der Waals surface area contributed by atoms with Crippen molar-refractivity contribution in [2.24, 2.45) is 11.8 Å². The lowest BCUT2D eigenvalue weighted by molar-refractivity contribution is 0.256. The fraction of sp³-hybridized carbons (Fsp3) is 0.500. The molecule has 0 aliphatic carbocycles. The average Bonchev–Trinajstić information content (AvgIpc) is 2.78. The van der Waals surface area contributed by atoms with Crippen molar-refractivity contribution in [3.8, 4) is 11.5 Å². The Balaban J connectivity index is 1.47. The Labute approximate surface area is 186 Å². The third-order valence-electron chi connectivity index (χ3n) is 5.52. The number of nitrogens with zero attached hydrogens (tertiary/aromatic N) is 1. The Bertz CT molecular complexity index is 924. The van der Waals surface area contributed by atoms with Gasteiger partial charge in [-0.3, -0.25) is 0 Å². The summed E-state index contributed by atoms with van der Waals surface area (Å²) in [6, 6.07) is 14.7. The molecular formula is C24H34N2O4S. The Kier molecular flexibility index (Phi) is 8.35. The summed E-state index contributed by atoms with van der Waals surface area (Å²) in [6.07, 6.45) is 1.73. The standard InChI is InChI=1S/C24H34N2O4S/c1-19(2)18-30-24-15-21(9-10-23(24)29-3)17-25-16-20-11-13-26(14-12-20)31(27,28)22-7-5-4-6-8-22/h4-10,15,19-20,25H,11-14,16-18H2,1-3H3. The van der Waals surface area contributed by atoms with Crippen LogP contribution in [0.15, 0.2) is 53.4 Å². The minimum atomic E-state index is -3.38. The van der Waals surface area contributed by atoms with Gasteiger partial charge in [-0.1, -0.05) is 38.1 Å². The molecule has 170 valence electrons. The fourth-order valence-corrected chi connectivity index (χ4v) is 5.21. The monoisotopic (exact) mass is 446 g/mol. The van der Waals surface area contributed by atoms with Crippen LogP contribution >= 0.6 is 0 Å². The van der Waals surface area contributed by atoms with Crippen molar-refractivity contribution in [1.29, 1.82) is 0 Å². The van der Waals surface area contributed by atoms with Gasteiger partial charge in [0.2, 0.25) is 10.0 Å². The van der Waals surface area contributed by atoms with Crippen LogP contribution in [0, 0.1) is 11.8 Å². The molecule has 2 aromatic carbocycles. The first kappa shape index (κ1) is 23.6. The summed E-state index contributed by atoms with van der Waals surface area (Å²) in [5.41, 5.74) is 1.14. The number of rotatable bonds is 10. The molecule has 0 bridgehead atoms. The van der Waals surface area contributed by atoms with E-state index < -0.39 is 10.0 Å². The first-order valence-electron chi connectivity index (χ1n) is 11.0. The summed E-state index contributed by atoms with van der Waals surface area (Å²) in [7, 11) is -1.73. The minimum Gasteiger partial charge on any atom is -0.493 e. The van der Waals surface area contributed by atoms with Gasteiger partial charge in [0.05, 0.1) is 18.6 Å². The van der Waals surface area contributed by atoms with Crippen LogP contribution in [0.1, 0.15) is 32.3 Å². The Morgan fingerprint density at radius 2 is 1.77 bits per heavy atom. The van der Waals surface area contributed by atoms with Gasteiger partial charge < -0.3 is 14.8 Å². The van der Waals surface area contributed by atoms with E-state index in [4.69, 9.17) is 9.47 Å². The summed E-state index contributed by atoms with van der Waals surface area (Å²) >= 11 is 0. The summed E-state index contributed by atoms with van der Waals surface area (Å²) in [6.45, 7) is 7.64. The summed E-state index contributed by atoms with van der Waals surface area (Å²) in [5.74, 6) is 2.44. The number of ether oxygens (including phenoxy) is 2. The predicted octanol–water partition coefficient (Wildman–Crippen LogP) is 3.92. The number of piperidine rings is 1. The van der Waals surface area contributed by atoms with Gasteiger partial charge in [-0.25, -0.2) is 8.42 Å². The van der Waals surface area contributed by atoms with Crippen molar-refractivity contribution in [2.75, 3.05) is 33.4 Å². The highest BCUT2D eigenvalue weighted by Gasteiger charge is 2.29. The number of methoxy groups -OCH3 is 1. The van der Waals surface area contributed by atoms with Gasteiger partial charge >= 0.3 is 0 Å². The number of hydrogen-bond acceptors (Lipinski definition) is 5. The quantitative estimate of drug-likeness (QED) is 0.599. The summed E-state index contributed by atoms with van der Waals surface area (Å²) in [4.78, 5) is 0.376. The van der Waals surface area contributed by atoms with Crippen LogP contribution in [0.3, 0.4) is 0 Å². The van der Waals surface area contributed by atoms with Gasteiger partial charge in [-0.15, -0.1) is 0 Å². The fourth-order valence-electron chi connectivity index (χ4n) is 3.72. The van der Waals surface area contributed by atoms with Crippen molar-refractivity contribution in [2.45, 2.75) is 38.1 Å². The molecule has 7 heteroatoms. The maximum absolute atomic E-state index is 12.8. The highest BCUT2D eigenvalue weighted by molar-refractivity contribution is 7.89. The van der Waals surface area contributed by atoms with Crippen LogP contribution in [0.4, 0.5) is 0 Å². The van der Waals surface area contributed by atoms with Gasteiger partial charge in [-0.2, -0.15) is 4.31 Å². The zero-order valence-electron chi connectivity index (χ0n) is 18.7. The number of benzene rings is 2. The van der Waals surface area contributed by atoms with Crippen LogP contribution in [0.5, 0.6) is 11.5 Å². The predicted molar refractivity (Wildman–Crippen MR) is 123 cm³/mol. The molecule has 1 heterocycles. The average molecular weight is 447 g/mol. The van der Waals surface area contributed by atoms with E-state index in [1.807, 2.05) is 24.3 Å². The molecule has 1 aliphatic rings. The largest absolute Gasteiger partial charge is 0.493 e. The van der Waals surface area contributed by atoms with Crippen molar-refractivity contribution < 1.29 is 17.9 Å². The normalized spacial score (nSPS) is 15.9. The molecule has 1 aliphatic heterocycles. The lowest BCUT2D eigenvalue weighted by Crippen LogP contribution is -2.40. The second-order valence-corrected chi connectivity index (χ2v) is 10.4. The van der Waals surface area contributed by atoms with Crippen LogP contribution < -0.4 is 14.8 Å². The van der Waals surface area contributed by atoms with E-state index in [1.54, 1.807) is 35.7 Å². The zero-order chi connectivity index (χ0) is 22.3. The second kappa shape index (κ2) is 11.0. The van der Waals surface area contributed by atoms with Crippen LogP contribution in [-0.4, -0.2) is 46.1 Å². The van der Waals surface area contributed by atoms with Crippen molar-refractivity contribution in [1.82, 2.24) is 9.62 Å². The lowest BCUT2D eigenvalue weighted by atomic mass is 9.98. The Morgan fingerprint density at radius 1 is 1.06 bits per heavy atom. The number of sulfonamides is 1. The molecule has 0 unspecified atom stereocenters. The van der Waals surface area contributed by atoms with E-state index in [-0.39, 0.29) is 0 Å². The molecule has 0 radical (unpaired) electrons. The summed E-state index contributed by atoms with van der Waals surface area (Å²) < 4.78 is 38.4. The summed E-state index contributed by atoms with van der Waals surface area (Å²) in [5, 5.41) is 3.52. The molecule has 31 heavy (non-hydrogen) atoms. The Morgan fingerprint density at radius 3 is 2.42 bits per heavy atom. The number of hydrogen-bond donors (Lipinski definition) is 1. The van der Waals surface area contributed by atoms with Gasteiger partial charge in [0.1, 0.15) is 0 Å². The SMILES string of the molecule is COc1ccc(CNCC2CCN(S(=O)(=O)c3ccccc3)CC2)cc1OCC(C)C. The molecule has 0 saturated carbocycles. The van der Waals surface area contributed by atoms with E-state index in [1.165, 1.54) is 0 Å². The van der Waals surface area contributed by atoms with Crippen LogP contribution in [-0.2, 0) is 16.6 Å². The molecule has 1 fully saturated rings. The number of nitrogens with one attached hydrogen (secondary N) is 1. The zero-order valence-corrected chi connectivity index (χ0v) is 19.5. The van der Waals surface area contributed by atoms with Crippen LogP contribution in [0.25, 0.3) is 0 Å². The molecule has 1 saturated heterocycles. The van der Waals surface area contributed by atoms with Crippen molar-refractivity contribution >= 4 is 10.0 Å². The Hall–Kier alpha value is -2.09. The maximum Gasteiger partial charge on any atom is 0.243 e. The van der Waals surface area contributed by atoms with E-state index in [0.29, 0.717) is 36.4 Å². The smallest absolute Gasteiger partial charge is 0.243 e. The molecule has 0 spiro atoms. The molecule has 0 aromatic heterocycles. The molecule has 0 amide bonds. The molecule has 1 N–H and O–H groups in total. The molecular weight excluding hydrogens is 412 g/mol. The molecule has 2 aromatic rings. The highest BCUT2D eigenvalue weighted by Crippen LogP contribution is 2.29. The van der Waals surface area contributed by atoms with Crippen molar-refractivity contribution in [3.63, 3.8) is 0 Å². The van der Waals surface area contributed by atoms with E-state index in [2.05, 4.69) is 19.2 Å². The first-order chi connectivity index (χ1) is 14.9. The second-order valence-electron chi connectivity index (χ2n) is 8.48. The topological polar surface area (TPSA) is 67.9 Å². The van der Waals surface area contributed by atoms with Gasteiger partial charge in [-0.05, 0) is 61.1 Å². The first-order valence-corrected chi connectivity index (χ1v) is 12.4. The van der Waals surface area contributed by atoms with Crippen molar-refractivity contribution in [3.05, 3.63) is 54.1 Å². The molecule has 6 nitrogen and oxygen atoms in total. The maximum atomic E-state index is 12.8. The molecule has 3 rings (SSSR count). The van der Waals surface area contributed by atoms with Gasteiger partial charge in [0.25, 0.3) is 0 Å². The van der Waals surface area contributed by atoms with E-state index in [0.717, 1.165) is 43.0 Å². The molecule has 0 atom stereocenters. The third kappa shape index (κ3) is 6.45.